The summed E-state index contributed by atoms with van der Waals surface area (Å²) >= 11 is 0. The topological polar surface area (TPSA) is 52.6 Å². The molecule has 0 spiro atoms. The van der Waals surface area contributed by atoms with Crippen LogP contribution in [0.5, 0.6) is 0 Å². The Bertz CT molecular complexity index is 919. The Balaban J connectivity index is 1.74. The molecule has 0 amide bonds. The zero-order valence-corrected chi connectivity index (χ0v) is 21.3. The second kappa shape index (κ2) is 13.5. The summed E-state index contributed by atoms with van der Waals surface area (Å²) in [6.45, 7) is 12.7. The van der Waals surface area contributed by atoms with E-state index in [4.69, 9.17) is 9.47 Å². The molecule has 0 aliphatic carbocycles. The van der Waals surface area contributed by atoms with Crippen molar-refractivity contribution in [3.8, 4) is 0 Å². The van der Waals surface area contributed by atoms with Crippen LogP contribution in [0.1, 0.15) is 100 Å². The number of benzene rings is 2. The molecule has 0 saturated carbocycles. The van der Waals surface area contributed by atoms with E-state index in [1.807, 2.05) is 38.1 Å². The van der Waals surface area contributed by atoms with Crippen LogP contribution < -0.4 is 0 Å². The van der Waals surface area contributed by atoms with Gasteiger partial charge in [-0.1, -0.05) is 90.1 Å². The molecule has 2 aromatic carbocycles. The van der Waals surface area contributed by atoms with E-state index in [9.17, 15) is 9.59 Å². The molecular weight excluding hydrogens is 424 g/mol. The van der Waals surface area contributed by atoms with Gasteiger partial charge in [0.05, 0.1) is 25.4 Å². The summed E-state index contributed by atoms with van der Waals surface area (Å²) in [5.41, 5.74) is 4.89. The first-order valence-corrected chi connectivity index (χ1v) is 12.1. The van der Waals surface area contributed by atoms with E-state index in [0.717, 1.165) is 0 Å². The lowest BCUT2D eigenvalue weighted by Gasteiger charge is -2.11. The Morgan fingerprint density at radius 3 is 1.35 bits per heavy atom. The summed E-state index contributed by atoms with van der Waals surface area (Å²) in [7, 11) is 0. The molecule has 0 bridgehead atoms. The van der Waals surface area contributed by atoms with E-state index in [1.54, 1.807) is 0 Å². The van der Waals surface area contributed by atoms with Crippen molar-refractivity contribution in [2.75, 3.05) is 0 Å². The summed E-state index contributed by atoms with van der Waals surface area (Å²) in [5, 5.41) is 0. The van der Waals surface area contributed by atoms with Gasteiger partial charge in [-0.15, -0.1) is 0 Å². The van der Waals surface area contributed by atoms with E-state index in [-0.39, 0.29) is 24.7 Å². The van der Waals surface area contributed by atoms with Gasteiger partial charge in [0.2, 0.25) is 0 Å². The molecule has 34 heavy (non-hydrogen) atoms. The highest BCUT2D eigenvalue weighted by molar-refractivity contribution is 5.78. The molecule has 2 aromatic rings. The van der Waals surface area contributed by atoms with Crippen molar-refractivity contribution in [1.29, 1.82) is 0 Å². The minimum atomic E-state index is -0.459. The lowest BCUT2D eigenvalue weighted by molar-refractivity contribution is -0.144. The molecule has 0 aliphatic heterocycles. The monoisotopic (exact) mass is 462 g/mol. The molecule has 4 nitrogen and oxygen atoms in total. The van der Waals surface area contributed by atoms with Crippen LogP contribution in [0.25, 0.3) is 0 Å². The molecule has 2 rings (SSSR count). The number of allylic oxidation sites excluding steroid dienone is 2. The number of rotatable bonds is 11. The molecule has 0 aromatic heterocycles. The van der Waals surface area contributed by atoms with Gasteiger partial charge in [0.25, 0.3) is 0 Å². The summed E-state index contributed by atoms with van der Waals surface area (Å²) in [5.74, 6) is 0.235. The van der Waals surface area contributed by atoms with Gasteiger partial charge in [-0.2, -0.15) is 0 Å². The minimum absolute atomic E-state index is 0.0276. The maximum absolute atomic E-state index is 12.0. The first-order valence-electron chi connectivity index (χ1n) is 12.1. The minimum Gasteiger partial charge on any atom is -0.435 e. The summed E-state index contributed by atoms with van der Waals surface area (Å²) in [6, 6.07) is 16.8. The molecule has 0 heterocycles. The van der Waals surface area contributed by atoms with Crippen molar-refractivity contribution < 1.29 is 19.1 Å². The van der Waals surface area contributed by atoms with E-state index in [0.29, 0.717) is 11.8 Å². The fraction of sp³-hybridized carbons (Fsp3) is 0.400. The number of hydrogen-bond donors (Lipinski definition) is 0. The molecule has 0 saturated heterocycles. The van der Waals surface area contributed by atoms with Crippen LogP contribution in [0.15, 0.2) is 73.2 Å². The second-order valence-corrected chi connectivity index (χ2v) is 9.36. The molecule has 2 atom stereocenters. The highest BCUT2D eigenvalue weighted by Crippen LogP contribution is 2.23. The van der Waals surface area contributed by atoms with Crippen LogP contribution in [0.4, 0.5) is 0 Å². The molecule has 0 fully saturated rings. The van der Waals surface area contributed by atoms with Crippen LogP contribution >= 0.6 is 0 Å². The number of ether oxygens (including phenoxy) is 2. The molecule has 2 unspecified atom stereocenters. The Kier molecular flexibility index (Phi) is 10.8. The molecular formula is C30H38O4. The molecule has 4 heteroatoms. The lowest BCUT2D eigenvalue weighted by Crippen LogP contribution is -2.06. The summed E-state index contributed by atoms with van der Waals surface area (Å²) in [6.07, 6.45) is 6.45. The smallest absolute Gasteiger partial charge is 0.311 e. The Morgan fingerprint density at radius 2 is 1.00 bits per heavy atom. The van der Waals surface area contributed by atoms with Gasteiger partial charge in [-0.25, -0.2) is 0 Å². The average Bonchev–Trinajstić information content (AvgIpc) is 2.82. The van der Waals surface area contributed by atoms with Crippen LogP contribution in [-0.4, -0.2) is 11.9 Å². The van der Waals surface area contributed by atoms with Gasteiger partial charge < -0.3 is 9.47 Å². The van der Waals surface area contributed by atoms with Gasteiger partial charge in [0.15, 0.2) is 0 Å². The second-order valence-electron chi connectivity index (χ2n) is 9.36. The number of esters is 2. The van der Waals surface area contributed by atoms with Crippen LogP contribution in [0, 0.1) is 0 Å². The third-order valence-electron chi connectivity index (χ3n) is 5.87. The third kappa shape index (κ3) is 9.01. The van der Waals surface area contributed by atoms with Crippen molar-refractivity contribution in [2.45, 2.75) is 78.1 Å². The van der Waals surface area contributed by atoms with E-state index in [1.165, 1.54) is 34.8 Å². The molecule has 0 aliphatic rings. The Hall–Kier alpha value is -3.14. The van der Waals surface area contributed by atoms with Gasteiger partial charge in [-0.3, -0.25) is 9.59 Å². The predicted octanol–water partition coefficient (Wildman–Crippen LogP) is 7.73. The Morgan fingerprint density at radius 1 is 0.647 bits per heavy atom. The number of hydrogen-bond acceptors (Lipinski definition) is 4. The van der Waals surface area contributed by atoms with Gasteiger partial charge in [0, 0.05) is 11.8 Å². The van der Waals surface area contributed by atoms with Crippen molar-refractivity contribution in [3.05, 3.63) is 95.5 Å². The maximum atomic E-state index is 12.0. The maximum Gasteiger partial charge on any atom is 0.311 e. The fourth-order valence-corrected chi connectivity index (χ4v) is 3.41. The number of carbonyl (C=O) groups excluding carboxylic acids is 2. The van der Waals surface area contributed by atoms with Gasteiger partial charge >= 0.3 is 11.9 Å². The standard InChI is InChI=1S/C30H38O4/c1-21(2)25-9-7-11-27(19-25)23(5)15-17-33-29(31)13-14-30(32)34-18-16-24(6)28-12-8-10-26(20-28)22(3)4/h7-12,15-24H,13-14H2,1-6H3/b17-15+,18-16+. The van der Waals surface area contributed by atoms with Crippen molar-refractivity contribution in [1.82, 2.24) is 0 Å². The third-order valence-corrected chi connectivity index (χ3v) is 5.87. The van der Waals surface area contributed by atoms with Crippen LogP contribution in [0.2, 0.25) is 0 Å². The van der Waals surface area contributed by atoms with Gasteiger partial charge in [0.1, 0.15) is 0 Å². The van der Waals surface area contributed by atoms with Crippen LogP contribution in [0.3, 0.4) is 0 Å². The SMILES string of the molecule is CC(C)c1cccc(C(C)/C=C/OC(=O)CCC(=O)O/C=C/C(C)c2cccc(C(C)C)c2)c1. The average molecular weight is 463 g/mol. The number of carbonyl (C=O) groups is 2. The van der Waals surface area contributed by atoms with E-state index in [2.05, 4.69) is 64.1 Å². The predicted molar refractivity (Wildman–Crippen MR) is 138 cm³/mol. The molecule has 0 N–H and O–H groups in total. The fourth-order valence-electron chi connectivity index (χ4n) is 3.41. The van der Waals surface area contributed by atoms with Crippen molar-refractivity contribution in [2.24, 2.45) is 0 Å². The van der Waals surface area contributed by atoms with Gasteiger partial charge in [-0.05, 0) is 46.2 Å². The zero-order chi connectivity index (χ0) is 25.1. The zero-order valence-electron chi connectivity index (χ0n) is 21.3. The van der Waals surface area contributed by atoms with Crippen LogP contribution in [-0.2, 0) is 19.1 Å². The molecule has 0 radical (unpaired) electrons. The first-order chi connectivity index (χ1) is 16.2. The lowest BCUT2D eigenvalue weighted by atomic mass is 9.95. The Labute approximate surface area is 204 Å². The van der Waals surface area contributed by atoms with Crippen molar-refractivity contribution >= 4 is 11.9 Å². The highest BCUT2D eigenvalue weighted by Gasteiger charge is 2.10. The van der Waals surface area contributed by atoms with Crippen molar-refractivity contribution in [3.63, 3.8) is 0 Å². The normalized spacial score (nSPS) is 13.5. The largest absolute Gasteiger partial charge is 0.435 e. The highest BCUT2D eigenvalue weighted by atomic mass is 16.5. The summed E-state index contributed by atoms with van der Waals surface area (Å²) in [4.78, 5) is 23.9. The summed E-state index contributed by atoms with van der Waals surface area (Å²) < 4.78 is 10.3. The van der Waals surface area contributed by atoms with E-state index >= 15 is 0 Å². The first kappa shape index (κ1) is 27.1. The van der Waals surface area contributed by atoms with E-state index < -0.39 is 11.9 Å². The molecule has 182 valence electrons. The quantitative estimate of drug-likeness (QED) is 0.253.